The standard InChI is InChI=1S/C24H22N4O2/c1-14(2)27-13-19-17(22(27)29)8-9-20(18(19)11-26)24(3,4)28-12-16-7-5-6-15(10-25)21(16)23(28)30/h5-9,14H,12-13H2,1-4H3. The SMILES string of the molecule is CC(C)N1Cc2c(ccc(C(C)(C)N3Cc4cccc(C#N)c4C3=O)c2C#N)C1=O. The molecule has 6 heteroatoms. The van der Waals surface area contributed by atoms with Gasteiger partial charge in [0.25, 0.3) is 11.8 Å². The van der Waals surface area contributed by atoms with Crippen molar-refractivity contribution in [1.29, 1.82) is 10.5 Å². The maximum atomic E-state index is 13.3. The Hall–Kier alpha value is -3.64. The number of benzene rings is 2. The minimum Gasteiger partial charge on any atom is -0.332 e. The van der Waals surface area contributed by atoms with Crippen molar-refractivity contribution in [3.63, 3.8) is 0 Å². The maximum Gasteiger partial charge on any atom is 0.256 e. The number of rotatable bonds is 3. The number of carbonyl (C=O) groups is 2. The van der Waals surface area contributed by atoms with E-state index in [4.69, 9.17) is 0 Å². The molecule has 2 aliphatic heterocycles. The highest BCUT2D eigenvalue weighted by Gasteiger charge is 2.42. The summed E-state index contributed by atoms with van der Waals surface area (Å²) in [6.45, 7) is 8.48. The van der Waals surface area contributed by atoms with Gasteiger partial charge in [0.2, 0.25) is 0 Å². The van der Waals surface area contributed by atoms with E-state index in [0.717, 1.165) is 11.1 Å². The normalized spacial score (nSPS) is 15.3. The van der Waals surface area contributed by atoms with Crippen molar-refractivity contribution in [3.8, 4) is 12.1 Å². The molecule has 0 saturated carbocycles. The molecule has 0 aromatic heterocycles. The first kappa shape index (κ1) is 19.7. The monoisotopic (exact) mass is 398 g/mol. The molecule has 2 aliphatic rings. The highest BCUT2D eigenvalue weighted by atomic mass is 16.2. The van der Waals surface area contributed by atoms with Crippen molar-refractivity contribution in [2.75, 3.05) is 0 Å². The van der Waals surface area contributed by atoms with Gasteiger partial charge in [-0.3, -0.25) is 9.59 Å². The first-order chi connectivity index (χ1) is 14.2. The molecule has 2 heterocycles. The molecule has 0 atom stereocenters. The second-order valence-corrected chi connectivity index (χ2v) is 8.55. The Balaban J connectivity index is 1.80. The predicted octanol–water partition coefficient (Wildman–Crippen LogP) is 3.69. The Labute approximate surface area is 175 Å². The zero-order valence-electron chi connectivity index (χ0n) is 17.5. The molecule has 0 saturated heterocycles. The van der Waals surface area contributed by atoms with Crippen molar-refractivity contribution in [2.24, 2.45) is 0 Å². The third kappa shape index (κ3) is 2.61. The van der Waals surface area contributed by atoms with Gasteiger partial charge in [0.15, 0.2) is 0 Å². The fourth-order valence-corrected chi connectivity index (χ4v) is 4.52. The van der Waals surface area contributed by atoms with Crippen molar-refractivity contribution in [3.05, 3.63) is 69.3 Å². The lowest BCUT2D eigenvalue weighted by Gasteiger charge is -2.37. The van der Waals surface area contributed by atoms with E-state index in [1.165, 1.54) is 0 Å². The first-order valence-electron chi connectivity index (χ1n) is 9.93. The Morgan fingerprint density at radius 3 is 2.37 bits per heavy atom. The van der Waals surface area contributed by atoms with Crippen molar-refractivity contribution >= 4 is 11.8 Å². The second kappa shape index (κ2) is 6.71. The molecule has 0 N–H and O–H groups in total. The summed E-state index contributed by atoms with van der Waals surface area (Å²) in [6, 6.07) is 13.3. The van der Waals surface area contributed by atoms with Crippen LogP contribution in [0, 0.1) is 22.7 Å². The Morgan fingerprint density at radius 1 is 1.00 bits per heavy atom. The summed E-state index contributed by atoms with van der Waals surface area (Å²) in [5, 5.41) is 19.4. The number of hydrogen-bond donors (Lipinski definition) is 0. The molecule has 2 aromatic carbocycles. The summed E-state index contributed by atoms with van der Waals surface area (Å²) in [7, 11) is 0. The Bertz CT molecular complexity index is 1180. The lowest BCUT2D eigenvalue weighted by molar-refractivity contribution is 0.0567. The van der Waals surface area contributed by atoms with Crippen LogP contribution in [0.4, 0.5) is 0 Å². The molecule has 2 amide bonds. The fraction of sp³-hybridized carbons (Fsp3) is 0.333. The third-order valence-corrected chi connectivity index (χ3v) is 6.26. The largest absolute Gasteiger partial charge is 0.332 e. The van der Waals surface area contributed by atoms with Gasteiger partial charge in [0, 0.05) is 30.3 Å². The van der Waals surface area contributed by atoms with E-state index in [9.17, 15) is 20.1 Å². The molecule has 30 heavy (non-hydrogen) atoms. The van der Waals surface area contributed by atoms with Crippen molar-refractivity contribution < 1.29 is 9.59 Å². The van der Waals surface area contributed by atoms with E-state index in [2.05, 4.69) is 12.1 Å². The predicted molar refractivity (Wildman–Crippen MR) is 110 cm³/mol. The molecular formula is C24H22N4O2. The summed E-state index contributed by atoms with van der Waals surface area (Å²) in [5.74, 6) is -0.277. The van der Waals surface area contributed by atoms with Crippen LogP contribution in [0.1, 0.15) is 76.2 Å². The summed E-state index contributed by atoms with van der Waals surface area (Å²) >= 11 is 0. The van der Waals surface area contributed by atoms with Gasteiger partial charge in [0.1, 0.15) is 0 Å². The number of amides is 2. The highest BCUT2D eigenvalue weighted by Crippen LogP contribution is 2.40. The topological polar surface area (TPSA) is 88.2 Å². The number of hydrogen-bond acceptors (Lipinski definition) is 4. The van der Waals surface area contributed by atoms with Gasteiger partial charge in [-0.05, 0) is 51.0 Å². The zero-order valence-corrected chi connectivity index (χ0v) is 17.5. The first-order valence-corrected chi connectivity index (χ1v) is 9.93. The van der Waals surface area contributed by atoms with Crippen LogP contribution in [-0.4, -0.2) is 27.7 Å². The van der Waals surface area contributed by atoms with Crippen LogP contribution in [0.3, 0.4) is 0 Å². The van der Waals surface area contributed by atoms with E-state index < -0.39 is 5.54 Å². The van der Waals surface area contributed by atoms with Crippen LogP contribution in [0.15, 0.2) is 30.3 Å². The number of nitrogens with zero attached hydrogens (tertiary/aromatic N) is 4. The summed E-state index contributed by atoms with van der Waals surface area (Å²) in [5.41, 5.74) is 3.27. The van der Waals surface area contributed by atoms with Gasteiger partial charge in [-0.2, -0.15) is 10.5 Å². The van der Waals surface area contributed by atoms with Crippen LogP contribution in [0.5, 0.6) is 0 Å². The highest BCUT2D eigenvalue weighted by molar-refractivity contribution is 6.01. The summed E-state index contributed by atoms with van der Waals surface area (Å²) in [6.07, 6.45) is 0. The maximum absolute atomic E-state index is 13.3. The Morgan fingerprint density at radius 2 is 1.73 bits per heavy atom. The van der Waals surface area contributed by atoms with Crippen molar-refractivity contribution in [2.45, 2.75) is 52.4 Å². The van der Waals surface area contributed by atoms with Gasteiger partial charge in [0.05, 0.1) is 34.4 Å². The molecular weight excluding hydrogens is 376 g/mol. The van der Waals surface area contributed by atoms with Crippen molar-refractivity contribution in [1.82, 2.24) is 9.80 Å². The molecule has 0 aliphatic carbocycles. The molecule has 0 unspecified atom stereocenters. The average molecular weight is 398 g/mol. The number of carbonyl (C=O) groups excluding carboxylic acids is 2. The molecule has 0 spiro atoms. The minimum absolute atomic E-state index is 0.0342. The molecule has 0 radical (unpaired) electrons. The van der Waals surface area contributed by atoms with Gasteiger partial charge in [-0.15, -0.1) is 0 Å². The van der Waals surface area contributed by atoms with E-state index in [1.54, 1.807) is 34.1 Å². The lowest BCUT2D eigenvalue weighted by atomic mass is 9.85. The van der Waals surface area contributed by atoms with Crippen LogP contribution < -0.4 is 0 Å². The fourth-order valence-electron chi connectivity index (χ4n) is 4.52. The molecule has 150 valence electrons. The molecule has 4 rings (SSSR count). The average Bonchev–Trinajstić information content (AvgIpc) is 3.25. The molecule has 0 bridgehead atoms. The van der Waals surface area contributed by atoms with Gasteiger partial charge >= 0.3 is 0 Å². The minimum atomic E-state index is -0.794. The van der Waals surface area contributed by atoms with E-state index >= 15 is 0 Å². The third-order valence-electron chi connectivity index (χ3n) is 6.26. The van der Waals surface area contributed by atoms with Crippen LogP contribution in [0.25, 0.3) is 0 Å². The molecule has 0 fully saturated rings. The van der Waals surface area contributed by atoms with E-state index in [0.29, 0.717) is 40.9 Å². The van der Waals surface area contributed by atoms with Gasteiger partial charge < -0.3 is 9.80 Å². The quantitative estimate of drug-likeness (QED) is 0.789. The molecule has 6 nitrogen and oxygen atoms in total. The summed E-state index contributed by atoms with van der Waals surface area (Å²) in [4.78, 5) is 29.4. The smallest absolute Gasteiger partial charge is 0.256 e. The summed E-state index contributed by atoms with van der Waals surface area (Å²) < 4.78 is 0. The number of nitriles is 2. The van der Waals surface area contributed by atoms with Gasteiger partial charge in [-0.1, -0.05) is 18.2 Å². The van der Waals surface area contributed by atoms with Crippen LogP contribution in [-0.2, 0) is 18.6 Å². The van der Waals surface area contributed by atoms with E-state index in [1.807, 2.05) is 33.8 Å². The number of fused-ring (bicyclic) bond motifs is 2. The van der Waals surface area contributed by atoms with Crippen LogP contribution in [0.2, 0.25) is 0 Å². The molecule has 2 aromatic rings. The second-order valence-electron chi connectivity index (χ2n) is 8.55. The zero-order chi connectivity index (χ0) is 21.8. The Kier molecular flexibility index (Phi) is 4.40. The van der Waals surface area contributed by atoms with Crippen LogP contribution >= 0.6 is 0 Å². The van der Waals surface area contributed by atoms with Gasteiger partial charge in [-0.25, -0.2) is 0 Å². The van der Waals surface area contributed by atoms with E-state index in [-0.39, 0.29) is 17.9 Å². The lowest BCUT2D eigenvalue weighted by Crippen LogP contribution is -2.42.